The third-order valence-electron chi connectivity index (χ3n) is 3.92. The maximum Gasteiger partial charge on any atom is 0.256 e. The predicted octanol–water partition coefficient (Wildman–Crippen LogP) is 3.19. The molecule has 1 heterocycles. The molecule has 0 aliphatic carbocycles. The van der Waals surface area contributed by atoms with Crippen molar-refractivity contribution < 1.29 is 14.0 Å². The molecular weight excluding hydrogens is 295 g/mol. The molecule has 0 saturated carbocycles. The molecule has 0 bridgehead atoms. The highest BCUT2D eigenvalue weighted by Gasteiger charge is 2.40. The molecule has 2 amide bonds. The van der Waals surface area contributed by atoms with Crippen molar-refractivity contribution in [3.8, 4) is 0 Å². The highest BCUT2D eigenvalue weighted by molar-refractivity contribution is 6.23. The number of aryl methyl sites for hydroxylation is 2. The Morgan fingerprint density at radius 1 is 1.09 bits per heavy atom. The number of hydrogen-bond donors (Lipinski definition) is 1. The van der Waals surface area contributed by atoms with Crippen LogP contribution in [0, 0.1) is 19.7 Å². The van der Waals surface area contributed by atoms with Gasteiger partial charge in [-0.3, -0.25) is 9.59 Å². The molecule has 3 rings (SSSR count). The van der Waals surface area contributed by atoms with Gasteiger partial charge in [0.05, 0.1) is 12.1 Å². The second-order valence-corrected chi connectivity index (χ2v) is 5.77. The number of carbonyl (C=O) groups excluding carboxylic acids is 2. The zero-order valence-electron chi connectivity index (χ0n) is 13.0. The lowest BCUT2D eigenvalue weighted by Crippen LogP contribution is -2.35. The van der Waals surface area contributed by atoms with Crippen LogP contribution in [0.3, 0.4) is 0 Å². The molecule has 2 aromatic rings. The van der Waals surface area contributed by atoms with Crippen molar-refractivity contribution in [1.29, 1.82) is 0 Å². The van der Waals surface area contributed by atoms with Gasteiger partial charge >= 0.3 is 0 Å². The van der Waals surface area contributed by atoms with E-state index in [1.54, 1.807) is 18.2 Å². The summed E-state index contributed by atoms with van der Waals surface area (Å²) in [5, 5.41) is 3.00. The van der Waals surface area contributed by atoms with Crippen LogP contribution in [-0.4, -0.2) is 17.9 Å². The van der Waals surface area contributed by atoms with E-state index in [9.17, 15) is 14.0 Å². The summed E-state index contributed by atoms with van der Waals surface area (Å²) >= 11 is 0. The number of imide groups is 1. The monoisotopic (exact) mass is 312 g/mol. The van der Waals surface area contributed by atoms with Crippen molar-refractivity contribution in [2.45, 2.75) is 26.3 Å². The van der Waals surface area contributed by atoms with Crippen molar-refractivity contribution in [1.82, 2.24) is 0 Å². The number of nitrogens with zero attached hydrogens (tertiary/aromatic N) is 1. The quantitative estimate of drug-likeness (QED) is 0.886. The molecule has 1 atom stereocenters. The lowest BCUT2D eigenvalue weighted by atomic mass is 10.1. The number of rotatable bonds is 3. The predicted molar refractivity (Wildman–Crippen MR) is 86.8 cm³/mol. The first-order chi connectivity index (χ1) is 11.0. The van der Waals surface area contributed by atoms with E-state index in [1.165, 1.54) is 17.0 Å². The topological polar surface area (TPSA) is 49.4 Å². The van der Waals surface area contributed by atoms with Gasteiger partial charge in [0.25, 0.3) is 5.91 Å². The normalized spacial score (nSPS) is 17.7. The van der Waals surface area contributed by atoms with E-state index >= 15 is 0 Å². The van der Waals surface area contributed by atoms with Crippen LogP contribution in [-0.2, 0) is 9.59 Å². The summed E-state index contributed by atoms with van der Waals surface area (Å²) in [6, 6.07) is 10.7. The highest BCUT2D eigenvalue weighted by Crippen LogP contribution is 2.28. The van der Waals surface area contributed by atoms with Gasteiger partial charge in [-0.15, -0.1) is 0 Å². The van der Waals surface area contributed by atoms with Crippen LogP contribution in [0.15, 0.2) is 42.5 Å². The van der Waals surface area contributed by atoms with E-state index in [0.29, 0.717) is 11.4 Å². The van der Waals surface area contributed by atoms with E-state index in [2.05, 4.69) is 5.32 Å². The SMILES string of the molecule is Cc1ccc(N2C(=O)CC(Nc3ccc(F)cc3)C2=O)c(C)c1. The van der Waals surface area contributed by atoms with Crippen LogP contribution in [0.1, 0.15) is 17.5 Å². The molecule has 0 aromatic heterocycles. The summed E-state index contributed by atoms with van der Waals surface area (Å²) in [6.07, 6.45) is 0.0868. The Bertz CT molecular complexity index is 771. The zero-order chi connectivity index (χ0) is 16.6. The van der Waals surface area contributed by atoms with E-state index < -0.39 is 6.04 Å². The van der Waals surface area contributed by atoms with Crippen molar-refractivity contribution in [3.63, 3.8) is 0 Å². The Hall–Kier alpha value is -2.69. The van der Waals surface area contributed by atoms with Crippen molar-refractivity contribution >= 4 is 23.2 Å². The van der Waals surface area contributed by atoms with Crippen molar-refractivity contribution in [2.24, 2.45) is 0 Å². The fourth-order valence-corrected chi connectivity index (χ4v) is 2.80. The molecular formula is C18H17FN2O2. The van der Waals surface area contributed by atoms with Gasteiger partial charge in [-0.2, -0.15) is 0 Å². The van der Waals surface area contributed by atoms with E-state index in [-0.39, 0.29) is 24.1 Å². The van der Waals surface area contributed by atoms with Crippen LogP contribution in [0.2, 0.25) is 0 Å². The van der Waals surface area contributed by atoms with Crippen LogP contribution < -0.4 is 10.2 Å². The number of hydrogen-bond acceptors (Lipinski definition) is 3. The molecule has 23 heavy (non-hydrogen) atoms. The molecule has 1 aliphatic rings. The molecule has 1 saturated heterocycles. The molecule has 1 fully saturated rings. The largest absolute Gasteiger partial charge is 0.373 e. The molecule has 4 nitrogen and oxygen atoms in total. The maximum absolute atomic E-state index is 12.9. The summed E-state index contributed by atoms with van der Waals surface area (Å²) in [5.41, 5.74) is 3.19. The maximum atomic E-state index is 12.9. The summed E-state index contributed by atoms with van der Waals surface area (Å²) in [4.78, 5) is 26.1. The Morgan fingerprint density at radius 2 is 1.78 bits per heavy atom. The molecule has 118 valence electrons. The van der Waals surface area contributed by atoms with Gasteiger partial charge < -0.3 is 5.32 Å². The third-order valence-corrected chi connectivity index (χ3v) is 3.92. The van der Waals surface area contributed by atoms with Gasteiger partial charge in [-0.25, -0.2) is 9.29 Å². The number of amides is 2. The average Bonchev–Trinajstić information content (AvgIpc) is 2.77. The minimum Gasteiger partial charge on any atom is -0.373 e. The van der Waals surface area contributed by atoms with Crippen molar-refractivity contribution in [3.05, 3.63) is 59.4 Å². The first-order valence-corrected chi connectivity index (χ1v) is 7.42. The molecule has 0 radical (unpaired) electrons. The molecule has 1 aliphatic heterocycles. The summed E-state index contributed by atoms with van der Waals surface area (Å²) in [6.45, 7) is 3.84. The van der Waals surface area contributed by atoms with Gasteiger partial charge in [0.1, 0.15) is 11.9 Å². The number of carbonyl (C=O) groups is 2. The molecule has 1 unspecified atom stereocenters. The minimum absolute atomic E-state index is 0.0868. The third kappa shape index (κ3) is 2.95. The minimum atomic E-state index is -0.631. The lowest BCUT2D eigenvalue weighted by Gasteiger charge is -2.18. The Labute approximate surface area is 133 Å². The van der Waals surface area contributed by atoms with Gasteiger partial charge in [-0.1, -0.05) is 17.7 Å². The smallest absolute Gasteiger partial charge is 0.256 e. The van der Waals surface area contributed by atoms with Gasteiger partial charge in [0, 0.05) is 5.69 Å². The number of halogens is 1. The van der Waals surface area contributed by atoms with Crippen LogP contribution in [0.4, 0.5) is 15.8 Å². The molecule has 2 aromatic carbocycles. The van der Waals surface area contributed by atoms with Crippen molar-refractivity contribution in [2.75, 3.05) is 10.2 Å². The van der Waals surface area contributed by atoms with Gasteiger partial charge in [0.2, 0.25) is 5.91 Å². The van der Waals surface area contributed by atoms with Gasteiger partial charge in [-0.05, 0) is 49.7 Å². The Morgan fingerprint density at radius 3 is 2.43 bits per heavy atom. The van der Waals surface area contributed by atoms with Crippen LogP contribution in [0.25, 0.3) is 0 Å². The van der Waals surface area contributed by atoms with Crippen LogP contribution >= 0.6 is 0 Å². The summed E-state index contributed by atoms with van der Waals surface area (Å²) in [7, 11) is 0. The first-order valence-electron chi connectivity index (χ1n) is 7.42. The summed E-state index contributed by atoms with van der Waals surface area (Å²) in [5.74, 6) is -0.867. The highest BCUT2D eigenvalue weighted by atomic mass is 19.1. The lowest BCUT2D eigenvalue weighted by molar-refractivity contribution is -0.121. The number of anilines is 2. The fourth-order valence-electron chi connectivity index (χ4n) is 2.80. The second-order valence-electron chi connectivity index (χ2n) is 5.77. The standard InChI is InChI=1S/C18H17FN2O2/c1-11-3-8-16(12(2)9-11)21-17(22)10-15(18(21)23)20-14-6-4-13(19)5-7-14/h3-9,15,20H,10H2,1-2H3. The average molecular weight is 312 g/mol. The molecule has 0 spiro atoms. The number of nitrogens with one attached hydrogen (secondary N) is 1. The first kappa shape index (κ1) is 15.2. The molecule has 1 N–H and O–H groups in total. The van der Waals surface area contributed by atoms with Gasteiger partial charge in [0.15, 0.2) is 0 Å². The Balaban J connectivity index is 1.83. The van der Waals surface area contributed by atoms with E-state index in [0.717, 1.165) is 11.1 Å². The molecule has 5 heteroatoms. The Kier molecular flexibility index (Phi) is 3.86. The van der Waals surface area contributed by atoms with E-state index in [4.69, 9.17) is 0 Å². The second kappa shape index (κ2) is 5.83. The van der Waals surface area contributed by atoms with E-state index in [1.807, 2.05) is 26.0 Å². The van der Waals surface area contributed by atoms with Crippen LogP contribution in [0.5, 0.6) is 0 Å². The summed E-state index contributed by atoms with van der Waals surface area (Å²) < 4.78 is 12.9. The zero-order valence-corrected chi connectivity index (χ0v) is 13.0. The number of benzene rings is 2. The fraction of sp³-hybridized carbons (Fsp3) is 0.222.